The van der Waals surface area contributed by atoms with Gasteiger partial charge in [0.25, 0.3) is 0 Å². The molecule has 1 unspecified atom stereocenters. The molecule has 0 aliphatic rings. The Balaban J connectivity index is 2.12. The van der Waals surface area contributed by atoms with Crippen LogP contribution in [0, 0.1) is 17.0 Å². The summed E-state index contributed by atoms with van der Waals surface area (Å²) in [5.41, 5.74) is 0.637. The molecule has 0 fully saturated rings. The molecule has 2 aromatic heterocycles. The molecule has 0 amide bonds. The zero-order chi connectivity index (χ0) is 13.8. The van der Waals surface area contributed by atoms with Crippen molar-refractivity contribution in [2.45, 2.75) is 19.8 Å². The van der Waals surface area contributed by atoms with Gasteiger partial charge in [0.05, 0.1) is 9.93 Å². The van der Waals surface area contributed by atoms with E-state index in [2.05, 4.69) is 15.3 Å². The third-order valence-corrected chi connectivity index (χ3v) is 3.76. The fraction of sp³-hybridized carbons (Fsp3) is 0.333. The molecule has 1 atom stereocenters. The molecule has 0 aromatic carbocycles. The molecule has 19 heavy (non-hydrogen) atoms. The third kappa shape index (κ3) is 3.05. The molecule has 0 saturated heterocycles. The zero-order valence-corrected chi connectivity index (χ0v) is 11.5. The van der Waals surface area contributed by atoms with Crippen LogP contribution in [0.3, 0.4) is 0 Å². The van der Waals surface area contributed by atoms with Crippen LogP contribution in [0.5, 0.6) is 0 Å². The Bertz CT molecular complexity index is 571. The lowest BCUT2D eigenvalue weighted by Crippen LogP contribution is -2.12. The Labute approximate surface area is 114 Å². The van der Waals surface area contributed by atoms with E-state index < -0.39 is 4.92 Å². The zero-order valence-electron chi connectivity index (χ0n) is 10.7. The smallest absolute Gasteiger partial charge is 0.314 e. The highest BCUT2D eigenvalue weighted by Crippen LogP contribution is 2.26. The number of anilines is 1. The Morgan fingerprint density at radius 2 is 2.26 bits per heavy atom. The molecule has 0 bridgehead atoms. The summed E-state index contributed by atoms with van der Waals surface area (Å²) in [6.45, 7) is 4.29. The largest absolute Gasteiger partial charge is 0.364 e. The standard InChI is InChI=1S/C12H14N4O2S/c1-8-3-4-13-11(10(8)16(17)18)15-7-9(2)12-14-5-6-19-12/h3-6,9H,7H2,1-2H3,(H,13,15). The molecule has 100 valence electrons. The Kier molecular flexibility index (Phi) is 4.06. The van der Waals surface area contributed by atoms with E-state index in [1.54, 1.807) is 36.7 Å². The lowest BCUT2D eigenvalue weighted by molar-refractivity contribution is -0.384. The van der Waals surface area contributed by atoms with Gasteiger partial charge in [-0.2, -0.15) is 0 Å². The molecule has 2 rings (SSSR count). The maximum absolute atomic E-state index is 11.0. The monoisotopic (exact) mass is 278 g/mol. The summed E-state index contributed by atoms with van der Waals surface area (Å²) in [4.78, 5) is 18.9. The van der Waals surface area contributed by atoms with Crippen molar-refractivity contribution in [2.75, 3.05) is 11.9 Å². The number of nitro groups is 1. The fourth-order valence-electron chi connectivity index (χ4n) is 1.73. The van der Waals surface area contributed by atoms with Crippen LogP contribution < -0.4 is 5.32 Å². The van der Waals surface area contributed by atoms with Crippen LogP contribution in [-0.2, 0) is 0 Å². The molecule has 1 N–H and O–H groups in total. The quantitative estimate of drug-likeness (QED) is 0.671. The number of hydrogen-bond acceptors (Lipinski definition) is 6. The summed E-state index contributed by atoms with van der Waals surface area (Å²) in [6, 6.07) is 1.63. The number of thiazole rings is 1. The van der Waals surface area contributed by atoms with Crippen LogP contribution >= 0.6 is 11.3 Å². The van der Waals surface area contributed by atoms with E-state index in [-0.39, 0.29) is 11.6 Å². The predicted octanol–water partition coefficient (Wildman–Crippen LogP) is 2.97. The lowest BCUT2D eigenvalue weighted by Gasteiger charge is -2.11. The van der Waals surface area contributed by atoms with Crippen LogP contribution in [0.25, 0.3) is 0 Å². The second-order valence-corrected chi connectivity index (χ2v) is 5.16. The van der Waals surface area contributed by atoms with E-state index in [1.165, 1.54) is 0 Å². The molecule has 0 radical (unpaired) electrons. The Hall–Kier alpha value is -2.02. The van der Waals surface area contributed by atoms with E-state index in [9.17, 15) is 10.1 Å². The second-order valence-electron chi connectivity index (χ2n) is 4.23. The SMILES string of the molecule is Cc1ccnc(NCC(C)c2nccs2)c1[N+](=O)[O-]. The van der Waals surface area contributed by atoms with Gasteiger partial charge in [0.1, 0.15) is 0 Å². The molecule has 0 aliphatic carbocycles. The molecule has 2 heterocycles. The predicted molar refractivity (Wildman–Crippen MR) is 74.6 cm³/mol. The lowest BCUT2D eigenvalue weighted by atomic mass is 10.2. The van der Waals surface area contributed by atoms with Gasteiger partial charge < -0.3 is 5.32 Å². The van der Waals surface area contributed by atoms with E-state index in [0.29, 0.717) is 17.9 Å². The third-order valence-electron chi connectivity index (χ3n) is 2.76. The Morgan fingerprint density at radius 3 is 2.89 bits per heavy atom. The summed E-state index contributed by atoms with van der Waals surface area (Å²) in [6.07, 6.45) is 3.32. The first kappa shape index (κ1) is 13.4. The fourth-order valence-corrected chi connectivity index (χ4v) is 2.42. The summed E-state index contributed by atoms with van der Waals surface area (Å²) in [5, 5.41) is 17.0. The highest BCUT2D eigenvalue weighted by molar-refractivity contribution is 7.09. The van der Waals surface area contributed by atoms with Gasteiger partial charge in [-0.05, 0) is 13.0 Å². The van der Waals surface area contributed by atoms with Gasteiger partial charge in [-0.3, -0.25) is 10.1 Å². The number of pyridine rings is 1. The Morgan fingerprint density at radius 1 is 1.47 bits per heavy atom. The molecule has 0 spiro atoms. The average molecular weight is 278 g/mol. The van der Waals surface area contributed by atoms with Gasteiger partial charge in [-0.25, -0.2) is 9.97 Å². The van der Waals surface area contributed by atoms with Crippen LogP contribution in [0.15, 0.2) is 23.8 Å². The maximum Gasteiger partial charge on any atom is 0.314 e. The van der Waals surface area contributed by atoms with E-state index in [1.807, 2.05) is 12.3 Å². The number of aryl methyl sites for hydroxylation is 1. The molecule has 0 saturated carbocycles. The van der Waals surface area contributed by atoms with Crippen molar-refractivity contribution in [3.05, 3.63) is 44.5 Å². The van der Waals surface area contributed by atoms with Crippen molar-refractivity contribution in [3.63, 3.8) is 0 Å². The van der Waals surface area contributed by atoms with Gasteiger partial charge >= 0.3 is 5.69 Å². The minimum Gasteiger partial charge on any atom is -0.364 e. The van der Waals surface area contributed by atoms with Crippen LogP contribution in [0.2, 0.25) is 0 Å². The summed E-state index contributed by atoms with van der Waals surface area (Å²) in [7, 11) is 0. The molecule has 6 nitrogen and oxygen atoms in total. The van der Waals surface area contributed by atoms with Gasteiger partial charge in [0.2, 0.25) is 5.82 Å². The highest BCUT2D eigenvalue weighted by atomic mass is 32.1. The van der Waals surface area contributed by atoms with E-state index in [4.69, 9.17) is 0 Å². The molecule has 2 aromatic rings. The summed E-state index contributed by atoms with van der Waals surface area (Å²) < 4.78 is 0. The maximum atomic E-state index is 11.0. The molecular weight excluding hydrogens is 264 g/mol. The number of rotatable bonds is 5. The normalized spacial score (nSPS) is 12.1. The van der Waals surface area contributed by atoms with Gasteiger partial charge in [0.15, 0.2) is 0 Å². The molecule has 7 heteroatoms. The van der Waals surface area contributed by atoms with Gasteiger partial charge in [-0.1, -0.05) is 6.92 Å². The number of nitrogens with zero attached hydrogens (tertiary/aromatic N) is 3. The summed E-state index contributed by atoms with van der Waals surface area (Å²) in [5.74, 6) is 0.496. The number of aromatic nitrogens is 2. The molecular formula is C12H14N4O2S. The average Bonchev–Trinajstić information content (AvgIpc) is 2.89. The van der Waals surface area contributed by atoms with E-state index in [0.717, 1.165) is 5.01 Å². The minimum atomic E-state index is -0.404. The van der Waals surface area contributed by atoms with Crippen molar-refractivity contribution in [2.24, 2.45) is 0 Å². The first-order valence-corrected chi connectivity index (χ1v) is 6.71. The van der Waals surface area contributed by atoms with Crippen LogP contribution in [0.4, 0.5) is 11.5 Å². The topological polar surface area (TPSA) is 81.0 Å². The van der Waals surface area contributed by atoms with Crippen LogP contribution in [-0.4, -0.2) is 21.4 Å². The van der Waals surface area contributed by atoms with Crippen molar-refractivity contribution in [1.82, 2.24) is 9.97 Å². The van der Waals surface area contributed by atoms with Crippen molar-refractivity contribution in [3.8, 4) is 0 Å². The highest BCUT2D eigenvalue weighted by Gasteiger charge is 2.19. The first-order chi connectivity index (χ1) is 9.09. The number of nitrogens with one attached hydrogen (secondary N) is 1. The van der Waals surface area contributed by atoms with Crippen molar-refractivity contribution in [1.29, 1.82) is 0 Å². The second kappa shape index (κ2) is 5.75. The van der Waals surface area contributed by atoms with Gasteiger partial charge in [0, 0.05) is 35.8 Å². The molecule has 0 aliphatic heterocycles. The van der Waals surface area contributed by atoms with Gasteiger partial charge in [-0.15, -0.1) is 11.3 Å². The number of hydrogen-bond donors (Lipinski definition) is 1. The van der Waals surface area contributed by atoms with E-state index >= 15 is 0 Å². The first-order valence-electron chi connectivity index (χ1n) is 5.83. The minimum absolute atomic E-state index is 0.0360. The van der Waals surface area contributed by atoms with Crippen LogP contribution in [0.1, 0.15) is 23.4 Å². The summed E-state index contributed by atoms with van der Waals surface area (Å²) >= 11 is 1.57. The van der Waals surface area contributed by atoms with Crippen molar-refractivity contribution >= 4 is 22.8 Å². The van der Waals surface area contributed by atoms with Crippen molar-refractivity contribution < 1.29 is 4.92 Å².